The number of nitrogens with one attached hydrogen (secondary N) is 1. The molecule has 12 heteroatoms. The number of carbonyl (C=O) groups excluding carboxylic acids is 1. The van der Waals surface area contributed by atoms with E-state index in [0.717, 1.165) is 23.1 Å². The molecule has 0 radical (unpaired) electrons. The van der Waals surface area contributed by atoms with Gasteiger partial charge in [-0.15, -0.1) is 0 Å². The SMILES string of the molecule is CC(C)CC(C(=O)N[C@H]1CC[C@@H]2CN(S(=O)(=O)c3cccc(C(F)(F)F)c3)C[C@@H]21)N(C(=O)O)C(C)(C)C. The van der Waals surface area contributed by atoms with E-state index in [2.05, 4.69) is 5.32 Å². The third-order valence-corrected chi connectivity index (χ3v) is 9.02. The van der Waals surface area contributed by atoms with Crippen LogP contribution in [0.3, 0.4) is 0 Å². The zero-order valence-electron chi connectivity index (χ0n) is 21.7. The summed E-state index contributed by atoms with van der Waals surface area (Å²) in [5.41, 5.74) is -1.85. The summed E-state index contributed by atoms with van der Waals surface area (Å²) in [6.07, 6.45) is -4.26. The van der Waals surface area contributed by atoms with Crippen molar-refractivity contribution < 1.29 is 36.3 Å². The van der Waals surface area contributed by atoms with Crippen molar-refractivity contribution in [2.75, 3.05) is 13.1 Å². The third kappa shape index (κ3) is 6.39. The summed E-state index contributed by atoms with van der Waals surface area (Å²) in [7, 11) is -4.16. The van der Waals surface area contributed by atoms with Crippen molar-refractivity contribution in [3.05, 3.63) is 29.8 Å². The average Bonchev–Trinajstić information content (AvgIpc) is 3.33. The van der Waals surface area contributed by atoms with Crippen molar-refractivity contribution in [3.63, 3.8) is 0 Å². The molecule has 208 valence electrons. The Morgan fingerprint density at radius 3 is 2.35 bits per heavy atom. The van der Waals surface area contributed by atoms with Crippen molar-refractivity contribution in [1.29, 1.82) is 0 Å². The predicted molar refractivity (Wildman–Crippen MR) is 131 cm³/mol. The van der Waals surface area contributed by atoms with Gasteiger partial charge in [0, 0.05) is 24.7 Å². The molecule has 2 fully saturated rings. The molecule has 1 aliphatic heterocycles. The number of sulfonamides is 1. The Labute approximate surface area is 216 Å². The Bertz CT molecular complexity index is 1120. The smallest absolute Gasteiger partial charge is 0.416 e. The second kappa shape index (κ2) is 10.4. The van der Waals surface area contributed by atoms with E-state index in [1.54, 1.807) is 20.8 Å². The Hall–Kier alpha value is -2.34. The number of carbonyl (C=O) groups is 2. The summed E-state index contributed by atoms with van der Waals surface area (Å²) in [4.78, 5) is 26.2. The average molecular weight is 548 g/mol. The van der Waals surface area contributed by atoms with Crippen molar-refractivity contribution in [2.24, 2.45) is 17.8 Å². The highest BCUT2D eigenvalue weighted by Gasteiger charge is 2.48. The summed E-state index contributed by atoms with van der Waals surface area (Å²) >= 11 is 0. The zero-order chi connectivity index (χ0) is 27.9. The number of amides is 2. The van der Waals surface area contributed by atoms with E-state index in [9.17, 15) is 36.3 Å². The topological polar surface area (TPSA) is 107 Å². The number of alkyl halides is 3. The fourth-order valence-electron chi connectivity index (χ4n) is 5.52. The summed E-state index contributed by atoms with van der Waals surface area (Å²) in [6.45, 7) is 9.21. The first-order valence-corrected chi connectivity index (χ1v) is 13.9. The first-order chi connectivity index (χ1) is 16.9. The van der Waals surface area contributed by atoms with Crippen LogP contribution in [0.2, 0.25) is 0 Å². The maximum Gasteiger partial charge on any atom is 0.416 e. The molecule has 2 N–H and O–H groups in total. The summed E-state index contributed by atoms with van der Waals surface area (Å²) in [6, 6.07) is 2.43. The molecule has 8 nitrogen and oxygen atoms in total. The van der Waals surface area contributed by atoms with Gasteiger partial charge >= 0.3 is 12.3 Å². The molecule has 1 aliphatic carbocycles. The van der Waals surface area contributed by atoms with Gasteiger partial charge in [-0.25, -0.2) is 13.2 Å². The Kier molecular flexibility index (Phi) is 8.24. The number of rotatable bonds is 7. The van der Waals surface area contributed by atoms with Crippen molar-refractivity contribution >= 4 is 22.0 Å². The number of hydrogen-bond donors (Lipinski definition) is 2. The molecule has 1 unspecified atom stereocenters. The van der Waals surface area contributed by atoms with Crippen LogP contribution < -0.4 is 5.32 Å². The van der Waals surface area contributed by atoms with Crippen LogP contribution in [-0.2, 0) is 21.0 Å². The lowest BCUT2D eigenvalue weighted by Gasteiger charge is -2.40. The van der Waals surface area contributed by atoms with E-state index in [4.69, 9.17) is 0 Å². The van der Waals surface area contributed by atoms with Crippen molar-refractivity contribution in [1.82, 2.24) is 14.5 Å². The van der Waals surface area contributed by atoms with Gasteiger partial charge in [-0.2, -0.15) is 17.5 Å². The highest BCUT2D eigenvalue weighted by Crippen LogP contribution is 2.41. The van der Waals surface area contributed by atoms with E-state index in [0.29, 0.717) is 25.3 Å². The molecule has 0 spiro atoms. The first kappa shape index (κ1) is 29.2. The normalized spacial score (nSPS) is 23.6. The van der Waals surface area contributed by atoms with Gasteiger partial charge in [0.25, 0.3) is 0 Å². The molecule has 3 rings (SSSR count). The molecule has 2 aliphatic rings. The first-order valence-electron chi connectivity index (χ1n) is 12.4. The van der Waals surface area contributed by atoms with Crippen LogP contribution in [0.25, 0.3) is 0 Å². The van der Waals surface area contributed by atoms with Gasteiger partial charge in [-0.05, 0) is 76.0 Å². The largest absolute Gasteiger partial charge is 0.465 e. The molecule has 1 saturated carbocycles. The molecular formula is C25H36F3N3O5S. The van der Waals surface area contributed by atoms with E-state index in [1.165, 1.54) is 4.31 Å². The number of halogens is 3. The minimum atomic E-state index is -4.66. The lowest BCUT2D eigenvalue weighted by molar-refractivity contribution is -0.137. The number of hydrogen-bond acceptors (Lipinski definition) is 4. The minimum absolute atomic E-state index is 0.0485. The molecule has 37 heavy (non-hydrogen) atoms. The molecule has 1 aromatic rings. The summed E-state index contributed by atoms with van der Waals surface area (Å²) < 4.78 is 66.9. The highest BCUT2D eigenvalue weighted by atomic mass is 32.2. The maximum atomic E-state index is 13.4. The van der Waals surface area contributed by atoms with Gasteiger partial charge in [0.15, 0.2) is 0 Å². The van der Waals surface area contributed by atoms with Gasteiger partial charge in [0.2, 0.25) is 15.9 Å². The van der Waals surface area contributed by atoms with Crippen LogP contribution in [0.15, 0.2) is 29.2 Å². The standard InChI is InChI=1S/C25H36F3N3O5S/c1-15(2)11-21(31(23(33)34)24(3,4)5)22(32)29-20-10-9-16-13-30(14-19(16)20)37(35,36)18-8-6-7-17(12-18)25(26,27)28/h6-8,12,15-16,19-21H,9-11,13-14H2,1-5H3,(H,29,32)(H,33,34)/t16-,19+,20+,21?/m1/s1. The van der Waals surface area contributed by atoms with Crippen LogP contribution >= 0.6 is 0 Å². The fourth-order valence-corrected chi connectivity index (χ4v) is 7.11. The summed E-state index contributed by atoms with van der Waals surface area (Å²) in [5, 5.41) is 12.8. The second-order valence-corrected chi connectivity index (χ2v) is 13.4. The van der Waals surface area contributed by atoms with E-state index < -0.39 is 50.2 Å². The van der Waals surface area contributed by atoms with Crippen LogP contribution in [0.5, 0.6) is 0 Å². The van der Waals surface area contributed by atoms with Gasteiger partial charge in [0.1, 0.15) is 6.04 Å². The van der Waals surface area contributed by atoms with Crippen LogP contribution in [0, 0.1) is 17.8 Å². The lowest BCUT2D eigenvalue weighted by atomic mass is 9.94. The quantitative estimate of drug-likeness (QED) is 0.526. The number of carboxylic acid groups (broad SMARTS) is 1. The molecule has 0 aromatic heterocycles. The summed E-state index contributed by atoms with van der Waals surface area (Å²) in [5.74, 6) is -0.628. The van der Waals surface area contributed by atoms with E-state index in [-0.39, 0.29) is 36.9 Å². The number of benzene rings is 1. The van der Waals surface area contributed by atoms with Crippen LogP contribution in [0.1, 0.15) is 59.4 Å². The molecule has 1 heterocycles. The van der Waals surface area contributed by atoms with Gasteiger partial charge in [0.05, 0.1) is 10.5 Å². The number of fused-ring (bicyclic) bond motifs is 1. The van der Waals surface area contributed by atoms with Crippen LogP contribution in [0.4, 0.5) is 18.0 Å². The monoisotopic (exact) mass is 547 g/mol. The Balaban J connectivity index is 1.78. The molecule has 2 amide bonds. The lowest BCUT2D eigenvalue weighted by Crippen LogP contribution is -2.58. The Morgan fingerprint density at radius 1 is 1.16 bits per heavy atom. The maximum absolute atomic E-state index is 13.4. The second-order valence-electron chi connectivity index (χ2n) is 11.4. The highest BCUT2D eigenvalue weighted by molar-refractivity contribution is 7.89. The molecule has 0 bridgehead atoms. The molecule has 1 aromatic carbocycles. The molecule has 1 saturated heterocycles. The van der Waals surface area contributed by atoms with E-state index >= 15 is 0 Å². The third-order valence-electron chi connectivity index (χ3n) is 7.19. The predicted octanol–water partition coefficient (Wildman–Crippen LogP) is 4.41. The van der Waals surface area contributed by atoms with Crippen LogP contribution in [-0.4, -0.2) is 65.4 Å². The van der Waals surface area contributed by atoms with Crippen molar-refractivity contribution in [3.8, 4) is 0 Å². The minimum Gasteiger partial charge on any atom is -0.465 e. The van der Waals surface area contributed by atoms with E-state index in [1.807, 2.05) is 13.8 Å². The Morgan fingerprint density at radius 2 is 1.81 bits per heavy atom. The number of nitrogens with zero attached hydrogens (tertiary/aromatic N) is 2. The zero-order valence-corrected chi connectivity index (χ0v) is 22.6. The van der Waals surface area contributed by atoms with Gasteiger partial charge in [-0.3, -0.25) is 9.69 Å². The van der Waals surface area contributed by atoms with Gasteiger partial charge in [-0.1, -0.05) is 19.9 Å². The van der Waals surface area contributed by atoms with Gasteiger partial charge < -0.3 is 10.4 Å². The molecule has 4 atom stereocenters. The molecular weight excluding hydrogens is 511 g/mol. The fraction of sp³-hybridized carbons (Fsp3) is 0.680. The van der Waals surface area contributed by atoms with Crippen molar-refractivity contribution in [2.45, 2.75) is 82.6 Å².